The number of hydrogen-bond donors (Lipinski definition) is 4. The van der Waals surface area contributed by atoms with Gasteiger partial charge in [0.1, 0.15) is 4.90 Å². The predicted molar refractivity (Wildman–Crippen MR) is 168 cm³/mol. The zero-order valence-corrected chi connectivity index (χ0v) is 25.1. The van der Waals surface area contributed by atoms with E-state index in [1.165, 1.54) is 26.4 Å². The molecular formula is C31H30N6O6S. The number of anilines is 4. The van der Waals surface area contributed by atoms with Gasteiger partial charge in [0.15, 0.2) is 0 Å². The van der Waals surface area contributed by atoms with Crippen molar-refractivity contribution in [2.45, 2.75) is 24.7 Å². The number of nitrogens with two attached hydrogens (primary N) is 1. The molecular weight excluding hydrogens is 584 g/mol. The summed E-state index contributed by atoms with van der Waals surface area (Å²) in [5, 5.41) is 22.2. The van der Waals surface area contributed by atoms with Gasteiger partial charge in [0.2, 0.25) is 15.9 Å². The molecule has 0 unspecified atom stereocenters. The molecule has 0 aliphatic rings. The second-order valence-electron chi connectivity index (χ2n) is 10.2. The molecule has 5 aromatic rings. The fourth-order valence-electron chi connectivity index (χ4n) is 4.67. The third-order valence-corrected chi connectivity index (χ3v) is 7.77. The topological polar surface area (TPSA) is 179 Å². The summed E-state index contributed by atoms with van der Waals surface area (Å²) in [6.07, 6.45) is 2.70. The van der Waals surface area contributed by atoms with Gasteiger partial charge in [-0.25, -0.2) is 23.3 Å². The van der Waals surface area contributed by atoms with Crippen LogP contribution >= 0.6 is 0 Å². The van der Waals surface area contributed by atoms with Crippen LogP contribution in [0, 0.1) is 0 Å². The maximum atomic E-state index is 12.6. The van der Waals surface area contributed by atoms with Crippen molar-refractivity contribution in [2.75, 3.05) is 24.9 Å². The molecule has 0 aliphatic heterocycles. The first kappa shape index (κ1) is 30.2. The van der Waals surface area contributed by atoms with Gasteiger partial charge >= 0.3 is 12.0 Å². The zero-order chi connectivity index (χ0) is 31.6. The second-order valence-corrected chi connectivity index (χ2v) is 11.7. The lowest BCUT2D eigenvalue weighted by molar-refractivity contribution is 0.0697. The van der Waals surface area contributed by atoms with Gasteiger partial charge in [0.25, 0.3) is 0 Å². The number of rotatable bonds is 10. The molecule has 5 N–H and O–H groups in total. The van der Waals surface area contributed by atoms with Crippen LogP contribution in [0.15, 0.2) is 78.0 Å². The summed E-state index contributed by atoms with van der Waals surface area (Å²) in [5.74, 6) is -0.575. The molecule has 3 aromatic carbocycles. The summed E-state index contributed by atoms with van der Waals surface area (Å²) in [5.41, 5.74) is 4.46. The van der Waals surface area contributed by atoms with Crippen molar-refractivity contribution in [2.24, 2.45) is 5.14 Å². The van der Waals surface area contributed by atoms with E-state index >= 15 is 0 Å². The fraction of sp³-hybridized carbons (Fsp3) is 0.161. The standard InChI is InChI=1S/C31H30N6O6S/c1-17(2)18-6-5-7-21(10-18)35-22-11-20(30(38)39)12-23(14-22)36-28-24-9-8-19(13-26(24)33-16-27(28)44(32,40)41)25-15-34-31(43-4)37-29(25)42-3/h5-17,35H,1-4H3,(H,33,36)(H,38,39)(H2,32,40,41). The predicted octanol–water partition coefficient (Wildman–Crippen LogP) is 5.67. The van der Waals surface area contributed by atoms with Crippen molar-refractivity contribution in [3.63, 3.8) is 0 Å². The Morgan fingerprint density at radius 1 is 0.909 bits per heavy atom. The van der Waals surface area contributed by atoms with Crippen LogP contribution in [0.25, 0.3) is 22.0 Å². The Labute approximate surface area is 254 Å². The SMILES string of the molecule is COc1ncc(-c2ccc3c(Nc4cc(Nc5cccc(C(C)C)c5)cc(C(=O)O)c4)c(S(N)(=O)=O)cnc3c2)c(OC)n1. The highest BCUT2D eigenvalue weighted by molar-refractivity contribution is 7.89. The number of carbonyl (C=O) groups is 1. The summed E-state index contributed by atoms with van der Waals surface area (Å²) in [7, 11) is -1.32. The molecule has 13 heteroatoms. The van der Waals surface area contributed by atoms with Crippen molar-refractivity contribution < 1.29 is 27.8 Å². The molecule has 12 nitrogen and oxygen atoms in total. The Bertz CT molecular complexity index is 2000. The largest absolute Gasteiger partial charge is 0.480 e. The van der Waals surface area contributed by atoms with Gasteiger partial charge in [-0.2, -0.15) is 4.98 Å². The van der Waals surface area contributed by atoms with E-state index in [1.54, 1.807) is 30.5 Å². The van der Waals surface area contributed by atoms with Gasteiger partial charge in [-0.3, -0.25) is 4.98 Å². The highest BCUT2D eigenvalue weighted by atomic mass is 32.2. The molecule has 226 valence electrons. The van der Waals surface area contributed by atoms with Crippen LogP contribution in [0.4, 0.5) is 22.7 Å². The Hall–Kier alpha value is -5.27. The molecule has 0 saturated heterocycles. The van der Waals surface area contributed by atoms with Crippen LogP contribution in [-0.4, -0.2) is 48.7 Å². The summed E-state index contributed by atoms with van der Waals surface area (Å²) in [6.45, 7) is 4.16. The number of pyridine rings is 1. The van der Waals surface area contributed by atoms with Crippen molar-refractivity contribution in [1.29, 1.82) is 0 Å². The van der Waals surface area contributed by atoms with Crippen molar-refractivity contribution in [3.05, 3.63) is 84.2 Å². The van der Waals surface area contributed by atoms with E-state index in [9.17, 15) is 18.3 Å². The van der Waals surface area contributed by atoms with E-state index in [1.807, 2.05) is 24.3 Å². The van der Waals surface area contributed by atoms with Gasteiger partial charge in [-0.05, 0) is 53.4 Å². The summed E-state index contributed by atoms with van der Waals surface area (Å²) < 4.78 is 35.8. The molecule has 0 bridgehead atoms. The molecule has 0 amide bonds. The van der Waals surface area contributed by atoms with Crippen LogP contribution in [0.3, 0.4) is 0 Å². The number of nitrogens with one attached hydrogen (secondary N) is 2. The van der Waals surface area contributed by atoms with E-state index < -0.39 is 16.0 Å². The number of carboxylic acids is 1. The molecule has 0 aliphatic carbocycles. The highest BCUT2D eigenvalue weighted by Crippen LogP contribution is 2.37. The Morgan fingerprint density at radius 2 is 1.66 bits per heavy atom. The highest BCUT2D eigenvalue weighted by Gasteiger charge is 2.20. The number of primary sulfonamides is 1. The maximum Gasteiger partial charge on any atom is 0.335 e. The third kappa shape index (κ3) is 6.38. The molecule has 44 heavy (non-hydrogen) atoms. The van der Waals surface area contributed by atoms with Crippen LogP contribution in [0.5, 0.6) is 11.9 Å². The normalized spacial score (nSPS) is 11.4. The Morgan fingerprint density at radius 3 is 2.32 bits per heavy atom. The number of sulfonamides is 1. The third-order valence-electron chi connectivity index (χ3n) is 6.85. The van der Waals surface area contributed by atoms with Crippen LogP contribution in [0.1, 0.15) is 35.7 Å². The number of hydrogen-bond acceptors (Lipinski definition) is 10. The maximum absolute atomic E-state index is 12.6. The number of nitrogens with zero attached hydrogens (tertiary/aromatic N) is 3. The second kappa shape index (κ2) is 12.1. The first-order valence-electron chi connectivity index (χ1n) is 13.4. The molecule has 0 atom stereocenters. The summed E-state index contributed by atoms with van der Waals surface area (Å²) in [6, 6.07) is 17.7. The number of aromatic nitrogens is 3. The molecule has 0 radical (unpaired) electrons. The average Bonchev–Trinajstić information content (AvgIpc) is 3.00. The lowest BCUT2D eigenvalue weighted by Crippen LogP contribution is -2.15. The van der Waals surface area contributed by atoms with E-state index in [0.717, 1.165) is 17.4 Å². The number of fused-ring (bicyclic) bond motifs is 1. The van der Waals surface area contributed by atoms with Gasteiger partial charge in [0, 0.05) is 34.8 Å². The van der Waals surface area contributed by atoms with Crippen molar-refractivity contribution in [1.82, 2.24) is 15.0 Å². The minimum Gasteiger partial charge on any atom is -0.480 e. The first-order chi connectivity index (χ1) is 21.0. The minimum absolute atomic E-state index is 0.0121. The molecule has 0 saturated carbocycles. The Balaban J connectivity index is 1.61. The lowest BCUT2D eigenvalue weighted by atomic mass is 10.0. The van der Waals surface area contributed by atoms with E-state index in [2.05, 4.69) is 39.4 Å². The van der Waals surface area contributed by atoms with Gasteiger partial charge in [-0.15, -0.1) is 0 Å². The van der Waals surface area contributed by atoms with Gasteiger partial charge in [0.05, 0.1) is 36.6 Å². The lowest BCUT2D eigenvalue weighted by Gasteiger charge is -2.17. The van der Waals surface area contributed by atoms with Crippen LogP contribution < -0.4 is 25.2 Å². The molecule has 2 aromatic heterocycles. The van der Waals surface area contributed by atoms with E-state index in [4.69, 9.17) is 14.6 Å². The number of benzene rings is 3. The number of aromatic carboxylic acids is 1. The molecule has 0 spiro atoms. The average molecular weight is 615 g/mol. The zero-order valence-electron chi connectivity index (χ0n) is 24.3. The van der Waals surface area contributed by atoms with E-state index in [0.29, 0.717) is 39.3 Å². The summed E-state index contributed by atoms with van der Waals surface area (Å²) in [4.78, 5) is 24.5. The monoisotopic (exact) mass is 614 g/mol. The molecule has 2 heterocycles. The molecule has 0 fully saturated rings. The van der Waals surface area contributed by atoms with Gasteiger partial charge in [-0.1, -0.05) is 38.1 Å². The minimum atomic E-state index is -4.23. The van der Waals surface area contributed by atoms with Crippen molar-refractivity contribution >= 4 is 49.6 Å². The van der Waals surface area contributed by atoms with Crippen molar-refractivity contribution in [3.8, 4) is 23.0 Å². The number of ether oxygens (including phenoxy) is 2. The number of carboxylic acid groups (broad SMARTS) is 1. The Kier molecular flexibility index (Phi) is 8.34. The smallest absolute Gasteiger partial charge is 0.335 e. The first-order valence-corrected chi connectivity index (χ1v) is 14.9. The fourth-order valence-corrected chi connectivity index (χ4v) is 5.32. The van der Waals surface area contributed by atoms with Gasteiger partial charge < -0.3 is 25.2 Å². The molecule has 5 rings (SSSR count). The number of methoxy groups -OCH3 is 2. The summed E-state index contributed by atoms with van der Waals surface area (Å²) >= 11 is 0. The van der Waals surface area contributed by atoms with Crippen LogP contribution in [-0.2, 0) is 10.0 Å². The van der Waals surface area contributed by atoms with Crippen LogP contribution in [0.2, 0.25) is 0 Å². The van der Waals surface area contributed by atoms with E-state index in [-0.39, 0.29) is 28.0 Å². The quantitative estimate of drug-likeness (QED) is 0.152.